The monoisotopic (exact) mass is 528 g/mol. The van der Waals surface area contributed by atoms with Crippen LogP contribution in [-0.2, 0) is 4.79 Å². The van der Waals surface area contributed by atoms with Crippen molar-refractivity contribution >= 4 is 40.2 Å². The zero-order valence-electron chi connectivity index (χ0n) is 20.5. The Kier molecular flexibility index (Phi) is 9.48. The maximum atomic E-state index is 11.6. The Bertz CT molecular complexity index is 1160. The van der Waals surface area contributed by atoms with Gasteiger partial charge in [-0.2, -0.15) is 0 Å². The molecule has 0 radical (unpaired) electrons. The van der Waals surface area contributed by atoms with E-state index in [1.54, 1.807) is 25.1 Å². The number of rotatable bonds is 11. The summed E-state index contributed by atoms with van der Waals surface area (Å²) in [5.74, 6) is 1.28. The highest BCUT2D eigenvalue weighted by Gasteiger charge is 2.31. The lowest BCUT2D eigenvalue weighted by Crippen LogP contribution is -2.42. The Labute approximate surface area is 221 Å². The van der Waals surface area contributed by atoms with Gasteiger partial charge in [-0.25, -0.2) is 0 Å². The molecule has 4 rings (SSSR count). The summed E-state index contributed by atoms with van der Waals surface area (Å²) in [6.07, 6.45) is 3.57. The number of aliphatic carboxylic acids is 1. The Balaban J connectivity index is 1.34. The summed E-state index contributed by atoms with van der Waals surface area (Å²) in [4.78, 5) is 19.6. The standard InChI is InChI=1S/C28H33ClN2O4S/c1-35-22-5-8-26-25(17-22)24(10-12-30-26)27(32)9-2-19-11-13-31(18-20(19)16-28(33)34)14-15-36-23-6-3-21(29)4-7-23/h3-8,10,12,17,19-20,27,32H,2,9,11,13-16,18H2,1H3,(H,33,34)/t19-,20+,27-/m1/s1. The van der Waals surface area contributed by atoms with Crippen LogP contribution in [0.25, 0.3) is 10.9 Å². The number of benzene rings is 2. The number of nitrogens with zero attached hydrogens (tertiary/aromatic N) is 2. The van der Waals surface area contributed by atoms with Gasteiger partial charge in [-0.05, 0) is 91.7 Å². The molecule has 1 fully saturated rings. The molecule has 36 heavy (non-hydrogen) atoms. The van der Waals surface area contributed by atoms with Crippen molar-refractivity contribution in [3.05, 3.63) is 65.3 Å². The molecule has 2 heterocycles. The van der Waals surface area contributed by atoms with Crippen molar-refractivity contribution in [1.82, 2.24) is 9.88 Å². The van der Waals surface area contributed by atoms with E-state index in [4.69, 9.17) is 16.3 Å². The molecule has 0 amide bonds. The first-order valence-corrected chi connectivity index (χ1v) is 13.7. The molecule has 8 heteroatoms. The molecule has 0 bridgehead atoms. The molecule has 6 nitrogen and oxygen atoms in total. The third-order valence-corrected chi connectivity index (χ3v) is 8.30. The number of pyridine rings is 1. The first kappa shape index (κ1) is 26.7. The number of carboxylic acid groups (broad SMARTS) is 1. The van der Waals surface area contributed by atoms with Gasteiger partial charge in [-0.3, -0.25) is 9.78 Å². The quantitative estimate of drug-likeness (QED) is 0.299. The van der Waals surface area contributed by atoms with Gasteiger partial charge in [0.1, 0.15) is 5.75 Å². The van der Waals surface area contributed by atoms with E-state index < -0.39 is 12.1 Å². The third-order valence-electron chi connectivity index (χ3n) is 7.05. The van der Waals surface area contributed by atoms with Crippen LogP contribution in [0.2, 0.25) is 5.02 Å². The second-order valence-electron chi connectivity index (χ2n) is 9.39. The van der Waals surface area contributed by atoms with E-state index in [0.29, 0.717) is 6.42 Å². The van der Waals surface area contributed by atoms with Crippen LogP contribution in [0, 0.1) is 11.8 Å². The van der Waals surface area contributed by atoms with Crippen LogP contribution in [0.5, 0.6) is 5.75 Å². The van der Waals surface area contributed by atoms with Crippen molar-refractivity contribution in [3.8, 4) is 5.75 Å². The molecule has 3 aromatic rings. The van der Waals surface area contributed by atoms with Crippen LogP contribution in [-0.4, -0.2) is 58.6 Å². The molecule has 1 aliphatic heterocycles. The number of hydrogen-bond donors (Lipinski definition) is 2. The highest BCUT2D eigenvalue weighted by Crippen LogP contribution is 2.35. The van der Waals surface area contributed by atoms with Crippen molar-refractivity contribution in [3.63, 3.8) is 0 Å². The summed E-state index contributed by atoms with van der Waals surface area (Å²) >= 11 is 7.76. The largest absolute Gasteiger partial charge is 0.497 e. The highest BCUT2D eigenvalue weighted by molar-refractivity contribution is 7.99. The molecule has 0 aliphatic carbocycles. The molecule has 1 aromatic heterocycles. The molecular formula is C28H33ClN2O4S. The van der Waals surface area contributed by atoms with E-state index in [-0.39, 0.29) is 18.3 Å². The summed E-state index contributed by atoms with van der Waals surface area (Å²) in [5, 5.41) is 22.2. The van der Waals surface area contributed by atoms with Gasteiger partial charge >= 0.3 is 5.97 Å². The lowest BCUT2D eigenvalue weighted by molar-refractivity contribution is -0.139. The Morgan fingerprint density at radius 3 is 2.78 bits per heavy atom. The van der Waals surface area contributed by atoms with Crippen LogP contribution < -0.4 is 4.74 Å². The molecule has 2 N–H and O–H groups in total. The number of likely N-dealkylation sites (tertiary alicyclic amines) is 1. The molecule has 3 atom stereocenters. The van der Waals surface area contributed by atoms with Gasteiger partial charge in [0.05, 0.1) is 18.7 Å². The smallest absolute Gasteiger partial charge is 0.303 e. The van der Waals surface area contributed by atoms with Crippen LogP contribution in [0.3, 0.4) is 0 Å². The molecule has 1 aliphatic rings. The van der Waals surface area contributed by atoms with E-state index in [1.165, 1.54) is 4.90 Å². The Morgan fingerprint density at radius 2 is 2.03 bits per heavy atom. The first-order chi connectivity index (χ1) is 17.4. The van der Waals surface area contributed by atoms with E-state index in [1.807, 2.05) is 48.5 Å². The van der Waals surface area contributed by atoms with Gasteiger partial charge in [-0.1, -0.05) is 11.6 Å². The van der Waals surface area contributed by atoms with Gasteiger partial charge in [-0.15, -0.1) is 11.8 Å². The zero-order chi connectivity index (χ0) is 25.5. The van der Waals surface area contributed by atoms with Gasteiger partial charge < -0.3 is 19.8 Å². The van der Waals surface area contributed by atoms with Gasteiger partial charge in [0, 0.05) is 46.8 Å². The average molecular weight is 529 g/mol. The Morgan fingerprint density at radius 1 is 1.22 bits per heavy atom. The van der Waals surface area contributed by atoms with Crippen molar-refractivity contribution < 1.29 is 19.7 Å². The maximum absolute atomic E-state index is 11.6. The fourth-order valence-electron chi connectivity index (χ4n) is 5.11. The molecule has 1 saturated heterocycles. The number of piperidine rings is 1. The van der Waals surface area contributed by atoms with Crippen molar-refractivity contribution in [2.75, 3.05) is 32.5 Å². The lowest BCUT2D eigenvalue weighted by Gasteiger charge is -2.38. The molecule has 192 valence electrons. The molecule has 0 spiro atoms. The summed E-state index contributed by atoms with van der Waals surface area (Å²) < 4.78 is 5.35. The summed E-state index contributed by atoms with van der Waals surface area (Å²) in [6, 6.07) is 15.4. The molecule has 0 saturated carbocycles. The van der Waals surface area contributed by atoms with Gasteiger partial charge in [0.2, 0.25) is 0 Å². The SMILES string of the molecule is COc1ccc2nccc([C@H](O)CC[C@@H]3CCN(CCSc4ccc(Cl)cc4)C[C@@H]3CC(=O)O)c2c1. The topological polar surface area (TPSA) is 82.9 Å². The lowest BCUT2D eigenvalue weighted by atomic mass is 9.79. The third kappa shape index (κ3) is 7.13. The van der Waals surface area contributed by atoms with E-state index >= 15 is 0 Å². The number of aliphatic hydroxyl groups excluding tert-OH is 1. The van der Waals surface area contributed by atoms with Gasteiger partial charge in [0.25, 0.3) is 0 Å². The number of halogens is 1. The minimum atomic E-state index is -0.754. The average Bonchev–Trinajstić information content (AvgIpc) is 2.88. The second kappa shape index (κ2) is 12.8. The normalized spacial score (nSPS) is 19.3. The van der Waals surface area contributed by atoms with E-state index in [2.05, 4.69) is 9.88 Å². The number of fused-ring (bicyclic) bond motifs is 1. The second-order valence-corrected chi connectivity index (χ2v) is 11.0. The summed E-state index contributed by atoms with van der Waals surface area (Å²) in [5.41, 5.74) is 1.66. The fourth-order valence-corrected chi connectivity index (χ4v) is 6.15. The summed E-state index contributed by atoms with van der Waals surface area (Å²) in [7, 11) is 1.62. The fraction of sp³-hybridized carbons (Fsp3) is 0.429. The predicted octanol–water partition coefficient (Wildman–Crippen LogP) is 5.92. The van der Waals surface area contributed by atoms with Gasteiger partial charge in [0.15, 0.2) is 0 Å². The van der Waals surface area contributed by atoms with E-state index in [9.17, 15) is 15.0 Å². The van der Waals surface area contributed by atoms with E-state index in [0.717, 1.165) is 65.5 Å². The van der Waals surface area contributed by atoms with Crippen LogP contribution in [0.15, 0.2) is 59.6 Å². The Hall–Kier alpha value is -2.32. The number of thioether (sulfide) groups is 1. The molecule has 2 aromatic carbocycles. The molecular weight excluding hydrogens is 496 g/mol. The highest BCUT2D eigenvalue weighted by atomic mass is 35.5. The minimum Gasteiger partial charge on any atom is -0.497 e. The number of carboxylic acids is 1. The number of carbonyl (C=O) groups is 1. The van der Waals surface area contributed by atoms with Crippen molar-refractivity contribution in [2.45, 2.75) is 36.7 Å². The summed E-state index contributed by atoms with van der Waals surface area (Å²) in [6.45, 7) is 2.65. The number of hydrogen-bond acceptors (Lipinski definition) is 6. The number of aromatic nitrogens is 1. The minimum absolute atomic E-state index is 0.0817. The maximum Gasteiger partial charge on any atom is 0.303 e. The molecule has 0 unspecified atom stereocenters. The van der Waals surface area contributed by atoms with Crippen molar-refractivity contribution in [1.29, 1.82) is 0 Å². The van der Waals surface area contributed by atoms with Crippen LogP contribution in [0.4, 0.5) is 0 Å². The zero-order valence-corrected chi connectivity index (χ0v) is 22.0. The van der Waals surface area contributed by atoms with Crippen LogP contribution in [0.1, 0.15) is 37.4 Å². The number of methoxy groups -OCH3 is 1. The number of ether oxygens (including phenoxy) is 1. The first-order valence-electron chi connectivity index (χ1n) is 12.4. The predicted molar refractivity (Wildman–Crippen MR) is 145 cm³/mol. The van der Waals surface area contributed by atoms with Crippen molar-refractivity contribution in [2.24, 2.45) is 11.8 Å². The number of aliphatic hydroxyl groups is 1. The van der Waals surface area contributed by atoms with Crippen LogP contribution >= 0.6 is 23.4 Å².